The fourth-order valence-corrected chi connectivity index (χ4v) is 23.9. The lowest BCUT2D eigenvalue weighted by atomic mass is 9.67. The molecule has 18 aromatic carbocycles. The van der Waals surface area contributed by atoms with E-state index in [1.807, 2.05) is 96.3 Å². The summed E-state index contributed by atoms with van der Waals surface area (Å²) in [6.45, 7) is 0. The first-order valence-electron chi connectivity index (χ1n) is 44.0. The van der Waals surface area contributed by atoms with Crippen LogP contribution in [0.15, 0.2) is 453 Å². The maximum absolute atomic E-state index is 6.56. The molecule has 2 spiro atoms. The molecule has 0 unspecified atom stereocenters. The summed E-state index contributed by atoms with van der Waals surface area (Å²) in [5.41, 5.74) is 33.0. The third-order valence-electron chi connectivity index (χ3n) is 27.1. The van der Waals surface area contributed by atoms with Gasteiger partial charge in [-0.3, -0.25) is 0 Å². The Hall–Kier alpha value is -16.2. The predicted octanol–water partition coefficient (Wildman–Crippen LogP) is 31.1. The number of hydrogen-bond acceptors (Lipinski definition) is 10. The van der Waals surface area contributed by atoms with Crippen molar-refractivity contribution in [2.45, 2.75) is 30.4 Å². The molecule has 2 aliphatic carbocycles. The molecule has 6 aromatic heterocycles. The van der Waals surface area contributed by atoms with Crippen LogP contribution in [-0.2, 0) is 10.8 Å². The first-order valence-corrected chi connectivity index (χ1v) is 45.6. The van der Waals surface area contributed by atoms with Gasteiger partial charge in [0.15, 0.2) is 11.6 Å². The molecule has 2 aliphatic heterocycles. The molecule has 24 aromatic rings. The van der Waals surface area contributed by atoms with E-state index < -0.39 is 10.8 Å². The van der Waals surface area contributed by atoms with Gasteiger partial charge in [-0.05, 0) is 175 Å². The summed E-state index contributed by atoms with van der Waals surface area (Å²) in [6.07, 6.45) is 0. The van der Waals surface area contributed by atoms with Crippen LogP contribution in [0.2, 0.25) is 0 Å². The lowest BCUT2D eigenvalue weighted by molar-refractivity contribution is 0.669. The smallest absolute Gasteiger partial charge is 0.160 e. The number of nitrogens with zero attached hydrogens (tertiary/aromatic N) is 6. The maximum Gasteiger partial charge on any atom is 0.160 e. The molecule has 0 bridgehead atoms. The summed E-state index contributed by atoms with van der Waals surface area (Å²) in [7, 11) is 0. The SMILES string of the molecule is c1ccc(-c2nc(-c3ccc4nc(-c5ccccc5)c5cc6c(cc5c4c3)C3(c4ccccc4S6)c4ccccc4-c4ccccc43)cc(-c3cccc4c3oc3ccccc34)n2)cc1.c1ccc(-c2nc(-c3ccc4nc(-c5ccccc5)c5cc6c(cc5c4c3)C3(c4ccccc4S6)c4ccccc4-c4ccccc43)cc(-c3cccc4oc5ccccc5c34)n2)cc1. The number of fused-ring (bicyclic) bond motifs is 30. The van der Waals surface area contributed by atoms with Crippen LogP contribution >= 0.6 is 23.5 Å². The van der Waals surface area contributed by atoms with Gasteiger partial charge in [-0.2, -0.15) is 0 Å². The quantitative estimate of drug-likeness (QED) is 0.137. The maximum atomic E-state index is 6.56. The molecule has 4 aliphatic rings. The molecular formula is C120H70N6O2S2. The first kappa shape index (κ1) is 74.1. The minimum absolute atomic E-state index is 0.511. The van der Waals surface area contributed by atoms with Gasteiger partial charge in [0.1, 0.15) is 22.3 Å². The molecular weight excluding hydrogens is 1620 g/mol. The Bertz CT molecular complexity index is 8800. The van der Waals surface area contributed by atoms with E-state index in [0.717, 1.165) is 166 Å². The number of pyridine rings is 2. The molecule has 0 amide bonds. The molecule has 8 nitrogen and oxygen atoms in total. The highest BCUT2D eigenvalue weighted by molar-refractivity contribution is 7.99. The lowest BCUT2D eigenvalue weighted by Gasteiger charge is -2.40. The minimum Gasteiger partial charge on any atom is -0.456 e. The van der Waals surface area contributed by atoms with Crippen molar-refractivity contribution in [2.24, 2.45) is 0 Å². The van der Waals surface area contributed by atoms with Crippen LogP contribution in [0.1, 0.15) is 44.5 Å². The Morgan fingerprint density at radius 2 is 0.554 bits per heavy atom. The van der Waals surface area contributed by atoms with Crippen molar-refractivity contribution >= 4 is 111 Å². The normalized spacial score (nSPS) is 13.3. The second-order valence-corrected chi connectivity index (χ2v) is 36.2. The molecule has 0 saturated heterocycles. The number of benzene rings is 18. The van der Waals surface area contributed by atoms with E-state index in [4.69, 9.17) is 38.7 Å². The van der Waals surface area contributed by atoms with Crippen molar-refractivity contribution in [3.63, 3.8) is 0 Å². The molecule has 28 rings (SSSR count). The van der Waals surface area contributed by atoms with Crippen LogP contribution in [0.3, 0.4) is 0 Å². The van der Waals surface area contributed by atoms with Crippen LogP contribution in [0, 0.1) is 0 Å². The highest BCUT2D eigenvalue weighted by Crippen LogP contribution is 2.65. The zero-order valence-corrected chi connectivity index (χ0v) is 71.4. The van der Waals surface area contributed by atoms with E-state index in [1.165, 1.54) is 86.3 Å². The van der Waals surface area contributed by atoms with Crippen LogP contribution in [0.4, 0.5) is 0 Å². The Labute approximate surface area is 756 Å². The van der Waals surface area contributed by atoms with Crippen molar-refractivity contribution < 1.29 is 8.83 Å². The molecule has 604 valence electrons. The largest absolute Gasteiger partial charge is 0.456 e. The Balaban J connectivity index is 0.000000134. The average molecular weight is 1690 g/mol. The van der Waals surface area contributed by atoms with E-state index in [9.17, 15) is 0 Å². The summed E-state index contributed by atoms with van der Waals surface area (Å²) in [5, 5.41) is 10.9. The van der Waals surface area contributed by atoms with Crippen molar-refractivity contribution in [3.8, 4) is 113 Å². The van der Waals surface area contributed by atoms with Crippen molar-refractivity contribution in [1.82, 2.24) is 29.9 Å². The summed E-state index contributed by atoms with van der Waals surface area (Å²) >= 11 is 3.73. The van der Waals surface area contributed by atoms with Crippen molar-refractivity contribution in [1.29, 1.82) is 0 Å². The van der Waals surface area contributed by atoms with E-state index in [2.05, 4.69) is 352 Å². The predicted molar refractivity (Wildman–Crippen MR) is 531 cm³/mol. The van der Waals surface area contributed by atoms with Gasteiger partial charge in [-0.15, -0.1) is 0 Å². The van der Waals surface area contributed by atoms with Crippen LogP contribution in [-0.4, -0.2) is 29.9 Å². The monoisotopic (exact) mass is 1690 g/mol. The molecule has 10 heteroatoms. The van der Waals surface area contributed by atoms with E-state index in [0.29, 0.717) is 11.6 Å². The fourth-order valence-electron chi connectivity index (χ4n) is 21.5. The zero-order valence-electron chi connectivity index (χ0n) is 69.7. The van der Waals surface area contributed by atoms with Crippen LogP contribution in [0.25, 0.3) is 200 Å². The van der Waals surface area contributed by atoms with E-state index in [-0.39, 0.29) is 0 Å². The number of rotatable bonds is 8. The number of hydrogen-bond donors (Lipinski definition) is 0. The molecule has 8 heterocycles. The molecule has 0 radical (unpaired) electrons. The van der Waals surface area contributed by atoms with Gasteiger partial charge in [0.05, 0.1) is 56.0 Å². The van der Waals surface area contributed by atoms with Crippen LogP contribution in [0.5, 0.6) is 0 Å². The first-order chi connectivity index (χ1) is 64.4. The summed E-state index contributed by atoms with van der Waals surface area (Å²) < 4.78 is 12.9. The van der Waals surface area contributed by atoms with Gasteiger partial charge in [0, 0.05) is 107 Å². The van der Waals surface area contributed by atoms with Crippen molar-refractivity contribution in [3.05, 3.63) is 469 Å². The topological polar surface area (TPSA) is 104 Å². The molecule has 0 atom stereocenters. The van der Waals surface area contributed by atoms with Gasteiger partial charge >= 0.3 is 0 Å². The van der Waals surface area contributed by atoms with E-state index >= 15 is 0 Å². The lowest BCUT2D eigenvalue weighted by Crippen LogP contribution is -2.32. The average Bonchev–Trinajstić information content (AvgIpc) is 1.49. The van der Waals surface area contributed by atoms with Crippen molar-refractivity contribution in [2.75, 3.05) is 0 Å². The van der Waals surface area contributed by atoms with Gasteiger partial charge in [-0.25, -0.2) is 29.9 Å². The summed E-state index contributed by atoms with van der Waals surface area (Å²) in [5.74, 6) is 1.31. The molecule has 0 fully saturated rings. The van der Waals surface area contributed by atoms with Gasteiger partial charge in [0.25, 0.3) is 0 Å². The number of aromatic nitrogens is 6. The highest BCUT2D eigenvalue weighted by Gasteiger charge is 2.52. The summed E-state index contributed by atoms with van der Waals surface area (Å²) in [6, 6.07) is 152. The zero-order chi connectivity index (χ0) is 85.3. The second kappa shape index (κ2) is 29.2. The standard InChI is InChI=1S/2C60H35N3OS/c1-3-16-36(17-4-1)57-46-34-56-50(60(49-27-12-14-29-55(49)65-56)47-25-10-7-20-39(47)40-21-8-11-26-48(40)60)33-44(46)45-32-38(30-31-51(45)61-57)52-35-53(63-59(62-52)37-18-5-2-6-19-37)43-24-15-23-42-41-22-9-13-28-54(41)64-58(42)43;1-3-16-36(17-4-1)58-45-34-56-49(60(48-26-12-14-29-55(48)65-56)46-24-10-7-20-39(46)40-21-8-11-25-47(40)60)33-43(45)44-32-38(30-31-50(44)61-58)51-35-52(63-59(62-51)37-18-5-2-6-19-37)41-23-15-28-54-57(41)42-22-9-13-27-53(42)64-54/h2*1-35H. The molecule has 0 N–H and O–H groups in total. The Kier molecular flexibility index (Phi) is 16.6. The number of furan rings is 2. The molecule has 130 heavy (non-hydrogen) atoms. The third-order valence-corrected chi connectivity index (χ3v) is 29.4. The fraction of sp³-hybridized carbons (Fsp3) is 0.0167. The minimum atomic E-state index is -0.511. The Morgan fingerprint density at radius 3 is 1.04 bits per heavy atom. The van der Waals surface area contributed by atoms with Gasteiger partial charge in [0.2, 0.25) is 0 Å². The van der Waals surface area contributed by atoms with E-state index in [1.54, 1.807) is 0 Å². The van der Waals surface area contributed by atoms with Gasteiger partial charge < -0.3 is 8.83 Å². The summed E-state index contributed by atoms with van der Waals surface area (Å²) in [4.78, 5) is 37.2. The third kappa shape index (κ3) is 11.2. The van der Waals surface area contributed by atoms with Gasteiger partial charge in [-0.1, -0.05) is 351 Å². The highest BCUT2D eigenvalue weighted by atomic mass is 32.2. The number of para-hydroxylation sites is 3. The van der Waals surface area contributed by atoms with Crippen LogP contribution < -0.4 is 0 Å². The second-order valence-electron chi connectivity index (χ2n) is 34.0. The molecule has 0 saturated carbocycles. The Morgan fingerprint density at radius 1 is 0.192 bits per heavy atom.